The molecule has 0 saturated carbocycles. The number of hydrogen-bond acceptors (Lipinski definition) is 3. The third-order valence-electron chi connectivity index (χ3n) is 4.83. The van der Waals surface area contributed by atoms with Crippen LogP contribution >= 0.6 is 24.0 Å². The van der Waals surface area contributed by atoms with Gasteiger partial charge in [-0.3, -0.25) is 9.89 Å². The molecule has 0 aromatic carbocycles. The second-order valence-corrected chi connectivity index (χ2v) is 7.33. The fourth-order valence-electron chi connectivity index (χ4n) is 3.42. The largest absolute Gasteiger partial charge is 0.379 e. The van der Waals surface area contributed by atoms with Gasteiger partial charge in [0, 0.05) is 58.7 Å². The van der Waals surface area contributed by atoms with Gasteiger partial charge in [0.05, 0.1) is 19.8 Å². The first-order valence-corrected chi connectivity index (χ1v) is 9.35. The Labute approximate surface area is 176 Å². The Balaban J connectivity index is 0.00000338. The molecular formula is C19H36IN5O. The van der Waals surface area contributed by atoms with Crippen molar-refractivity contribution in [2.75, 3.05) is 46.9 Å². The van der Waals surface area contributed by atoms with Crippen LogP contribution < -0.4 is 5.32 Å². The van der Waals surface area contributed by atoms with E-state index < -0.39 is 0 Å². The fourth-order valence-corrected chi connectivity index (χ4v) is 3.42. The number of ether oxygens (including phenoxy) is 1. The third-order valence-corrected chi connectivity index (χ3v) is 4.83. The zero-order chi connectivity index (χ0) is 18.2. The van der Waals surface area contributed by atoms with Gasteiger partial charge in [0.15, 0.2) is 5.96 Å². The van der Waals surface area contributed by atoms with E-state index >= 15 is 0 Å². The summed E-state index contributed by atoms with van der Waals surface area (Å²) in [5.74, 6) is 1.63. The van der Waals surface area contributed by atoms with Crippen LogP contribution in [0.3, 0.4) is 0 Å². The molecule has 0 radical (unpaired) electrons. The van der Waals surface area contributed by atoms with Crippen LogP contribution in [0.25, 0.3) is 0 Å². The van der Waals surface area contributed by atoms with E-state index in [1.54, 1.807) is 0 Å². The van der Waals surface area contributed by atoms with Gasteiger partial charge in [0.2, 0.25) is 0 Å². The standard InChI is InChI=1S/C19H35N5O.HI/c1-16(2)13-18(24-9-11-25-12-10-24)14-21-19(20-3)23(5)15-17-7-6-8-22(17)4;/h6-8,16,18H,9-15H2,1-5H3,(H,20,21);1H. The van der Waals surface area contributed by atoms with Crippen LogP contribution in [-0.4, -0.2) is 73.3 Å². The number of guanidine groups is 1. The minimum Gasteiger partial charge on any atom is -0.379 e. The van der Waals surface area contributed by atoms with E-state index in [4.69, 9.17) is 4.74 Å². The number of aliphatic imine (C=N–C) groups is 1. The first kappa shape index (κ1) is 23.2. The van der Waals surface area contributed by atoms with Crippen LogP contribution in [-0.2, 0) is 18.3 Å². The van der Waals surface area contributed by atoms with Gasteiger partial charge in [-0.1, -0.05) is 13.8 Å². The molecule has 1 aliphatic heterocycles. The smallest absolute Gasteiger partial charge is 0.193 e. The molecule has 0 bridgehead atoms. The fraction of sp³-hybridized carbons (Fsp3) is 0.737. The number of nitrogens with zero attached hydrogens (tertiary/aromatic N) is 4. The maximum absolute atomic E-state index is 5.51. The van der Waals surface area contributed by atoms with Crippen LogP contribution in [0.4, 0.5) is 0 Å². The normalized spacial score (nSPS) is 17.1. The summed E-state index contributed by atoms with van der Waals surface area (Å²) in [6, 6.07) is 4.75. The van der Waals surface area contributed by atoms with Gasteiger partial charge in [0.1, 0.15) is 0 Å². The van der Waals surface area contributed by atoms with Crippen LogP contribution in [0.15, 0.2) is 23.3 Å². The molecule has 150 valence electrons. The summed E-state index contributed by atoms with van der Waals surface area (Å²) in [5.41, 5.74) is 1.28. The maximum atomic E-state index is 5.51. The number of hydrogen-bond donors (Lipinski definition) is 1. The number of morpholine rings is 1. The zero-order valence-electron chi connectivity index (χ0n) is 16.9. The van der Waals surface area contributed by atoms with Gasteiger partial charge in [-0.2, -0.15) is 0 Å². The molecule has 1 saturated heterocycles. The van der Waals surface area contributed by atoms with Gasteiger partial charge in [-0.25, -0.2) is 0 Å². The molecule has 6 nitrogen and oxygen atoms in total. The Hall–Kier alpha value is -0.800. The monoisotopic (exact) mass is 477 g/mol. The molecule has 1 aromatic rings. The Morgan fingerprint density at radius 1 is 1.35 bits per heavy atom. The van der Waals surface area contributed by atoms with Crippen molar-refractivity contribution in [1.82, 2.24) is 19.7 Å². The minimum absolute atomic E-state index is 0. The second kappa shape index (κ2) is 11.8. The van der Waals surface area contributed by atoms with Gasteiger partial charge >= 0.3 is 0 Å². The quantitative estimate of drug-likeness (QED) is 0.372. The maximum Gasteiger partial charge on any atom is 0.193 e. The number of halogens is 1. The van der Waals surface area contributed by atoms with Gasteiger partial charge in [-0.15, -0.1) is 24.0 Å². The highest BCUT2D eigenvalue weighted by Gasteiger charge is 2.22. The summed E-state index contributed by atoms with van der Waals surface area (Å²) in [5, 5.41) is 3.59. The number of rotatable bonds is 7. The number of aromatic nitrogens is 1. The van der Waals surface area contributed by atoms with Crippen molar-refractivity contribution in [2.45, 2.75) is 32.9 Å². The van der Waals surface area contributed by atoms with Gasteiger partial charge in [0.25, 0.3) is 0 Å². The van der Waals surface area contributed by atoms with Crippen molar-refractivity contribution in [3.05, 3.63) is 24.0 Å². The number of nitrogens with one attached hydrogen (secondary N) is 1. The Kier molecular flexibility index (Phi) is 10.6. The molecule has 2 rings (SSSR count). The predicted octanol–water partition coefficient (Wildman–Crippen LogP) is 2.40. The molecule has 1 unspecified atom stereocenters. The van der Waals surface area contributed by atoms with Crippen LogP contribution in [0.2, 0.25) is 0 Å². The second-order valence-electron chi connectivity index (χ2n) is 7.33. The van der Waals surface area contributed by atoms with E-state index in [2.05, 4.69) is 70.9 Å². The van der Waals surface area contributed by atoms with Crippen molar-refractivity contribution in [3.63, 3.8) is 0 Å². The lowest BCUT2D eigenvalue weighted by Crippen LogP contribution is -2.51. The summed E-state index contributed by atoms with van der Waals surface area (Å²) in [6.45, 7) is 10.1. The van der Waals surface area contributed by atoms with E-state index in [9.17, 15) is 0 Å². The van der Waals surface area contributed by atoms with Crippen molar-refractivity contribution in [2.24, 2.45) is 18.0 Å². The average molecular weight is 477 g/mol. The lowest BCUT2D eigenvalue weighted by Gasteiger charge is -2.36. The molecule has 1 N–H and O–H groups in total. The van der Waals surface area contributed by atoms with Gasteiger partial charge < -0.3 is 19.5 Å². The first-order chi connectivity index (χ1) is 12.0. The molecule has 1 aromatic heterocycles. The molecule has 1 aliphatic rings. The van der Waals surface area contributed by atoms with Crippen molar-refractivity contribution >= 4 is 29.9 Å². The molecule has 0 amide bonds. The van der Waals surface area contributed by atoms with Crippen molar-refractivity contribution < 1.29 is 4.74 Å². The summed E-state index contributed by atoms with van der Waals surface area (Å²) in [4.78, 5) is 9.21. The van der Waals surface area contributed by atoms with Crippen LogP contribution in [0.5, 0.6) is 0 Å². The van der Waals surface area contributed by atoms with Crippen LogP contribution in [0, 0.1) is 5.92 Å². The van der Waals surface area contributed by atoms with E-state index in [-0.39, 0.29) is 24.0 Å². The molecule has 0 spiro atoms. The van der Waals surface area contributed by atoms with Gasteiger partial charge in [-0.05, 0) is 24.5 Å². The first-order valence-electron chi connectivity index (χ1n) is 9.35. The molecular weight excluding hydrogens is 441 g/mol. The Morgan fingerprint density at radius 3 is 2.58 bits per heavy atom. The molecule has 0 aliphatic carbocycles. The van der Waals surface area contributed by atoms with E-state index in [1.165, 1.54) is 12.1 Å². The third kappa shape index (κ3) is 7.08. The summed E-state index contributed by atoms with van der Waals surface area (Å²) >= 11 is 0. The highest BCUT2D eigenvalue weighted by atomic mass is 127. The predicted molar refractivity (Wildman–Crippen MR) is 119 cm³/mol. The van der Waals surface area contributed by atoms with Crippen molar-refractivity contribution in [3.8, 4) is 0 Å². The van der Waals surface area contributed by atoms with E-state index in [0.29, 0.717) is 12.0 Å². The molecule has 1 fully saturated rings. The Morgan fingerprint density at radius 2 is 2.04 bits per heavy atom. The molecule has 2 heterocycles. The average Bonchev–Trinajstić information content (AvgIpc) is 2.99. The minimum atomic E-state index is 0. The molecule has 1 atom stereocenters. The Bertz CT molecular complexity index is 540. The van der Waals surface area contributed by atoms with E-state index in [0.717, 1.165) is 45.4 Å². The summed E-state index contributed by atoms with van der Waals surface area (Å²) < 4.78 is 7.67. The summed E-state index contributed by atoms with van der Waals surface area (Å²) in [7, 11) is 6.03. The van der Waals surface area contributed by atoms with Crippen LogP contribution in [0.1, 0.15) is 26.0 Å². The molecule has 26 heavy (non-hydrogen) atoms. The topological polar surface area (TPSA) is 45.0 Å². The van der Waals surface area contributed by atoms with Crippen molar-refractivity contribution in [1.29, 1.82) is 0 Å². The highest BCUT2D eigenvalue weighted by molar-refractivity contribution is 14.0. The lowest BCUT2D eigenvalue weighted by molar-refractivity contribution is 0.0131. The SMILES string of the molecule is CN=C(NCC(CC(C)C)N1CCOCC1)N(C)Cc1cccn1C.I. The van der Waals surface area contributed by atoms with E-state index in [1.807, 2.05) is 7.05 Å². The zero-order valence-corrected chi connectivity index (χ0v) is 19.3. The number of aryl methyl sites for hydroxylation is 1. The lowest BCUT2D eigenvalue weighted by atomic mass is 10.0. The summed E-state index contributed by atoms with van der Waals surface area (Å²) in [6.07, 6.45) is 3.27. The highest BCUT2D eigenvalue weighted by Crippen LogP contribution is 2.13. The molecule has 7 heteroatoms.